The predicted octanol–water partition coefficient (Wildman–Crippen LogP) is 2.94. The highest BCUT2D eigenvalue weighted by atomic mass is 16.2. The van der Waals surface area contributed by atoms with Gasteiger partial charge in [-0.15, -0.1) is 0 Å². The molecule has 5 rings (SSSR count). The minimum Gasteiger partial charge on any atom is -0.398 e. The van der Waals surface area contributed by atoms with Crippen molar-refractivity contribution < 1.29 is 4.79 Å². The highest BCUT2D eigenvalue weighted by molar-refractivity contribution is 5.99. The number of carbonyl (C=O) groups is 1. The molecule has 8 heteroatoms. The molecule has 2 aromatic heterocycles. The van der Waals surface area contributed by atoms with Crippen LogP contribution in [0.4, 0.5) is 11.5 Å². The fourth-order valence-electron chi connectivity index (χ4n) is 3.35. The van der Waals surface area contributed by atoms with Gasteiger partial charge >= 0.3 is 5.69 Å². The molecule has 2 heterocycles. The van der Waals surface area contributed by atoms with Gasteiger partial charge in [-0.25, -0.2) is 15.0 Å². The summed E-state index contributed by atoms with van der Waals surface area (Å²) in [5.41, 5.74) is 8.70. The van der Waals surface area contributed by atoms with Crippen molar-refractivity contribution in [1.82, 2.24) is 14.5 Å². The van der Waals surface area contributed by atoms with E-state index in [4.69, 9.17) is 11.0 Å². The van der Waals surface area contributed by atoms with Gasteiger partial charge in [-0.1, -0.05) is 12.1 Å². The minimum atomic E-state index is -0.230. The van der Waals surface area contributed by atoms with Gasteiger partial charge in [0.1, 0.15) is 5.82 Å². The Kier molecular flexibility index (Phi) is 4.49. The molecule has 1 amide bonds. The number of benzene rings is 2. The van der Waals surface area contributed by atoms with Crippen molar-refractivity contribution in [1.29, 1.82) is 5.26 Å². The number of anilines is 2. The third kappa shape index (κ3) is 3.30. The third-order valence-electron chi connectivity index (χ3n) is 4.90. The standard InChI is InChI=1S/C20H17N5O2.CHN/c21-15-9-13(25-17-4-2-1-3-16(17)23-20(25)27)7-12-8-18(22-10-14(12)15)24-19(26)11-5-6-11;1-2/h1-4,7-11H,5-6,21H2,(H,23,27)(H,22,24,26);1H. The minimum absolute atomic E-state index is 0.00109. The largest absolute Gasteiger partial charge is 0.398 e. The number of nitrogen functional groups attached to an aromatic ring is 1. The van der Waals surface area contributed by atoms with Crippen LogP contribution < -0.4 is 16.7 Å². The second-order valence-electron chi connectivity index (χ2n) is 6.87. The van der Waals surface area contributed by atoms with Crippen LogP contribution in [0, 0.1) is 17.8 Å². The van der Waals surface area contributed by atoms with E-state index in [1.807, 2.05) is 30.3 Å². The summed E-state index contributed by atoms with van der Waals surface area (Å²) in [6.45, 7) is 3.50. The predicted molar refractivity (Wildman–Crippen MR) is 112 cm³/mol. The summed E-state index contributed by atoms with van der Waals surface area (Å²) >= 11 is 0. The number of hydrogen-bond acceptors (Lipinski definition) is 5. The van der Waals surface area contributed by atoms with Crippen LogP contribution in [0.25, 0.3) is 27.5 Å². The average molecular weight is 386 g/mol. The second-order valence-corrected chi connectivity index (χ2v) is 6.87. The first-order valence-electron chi connectivity index (χ1n) is 9.06. The van der Waals surface area contributed by atoms with Crippen molar-refractivity contribution in [2.24, 2.45) is 5.92 Å². The number of nitriles is 1. The molecule has 1 fully saturated rings. The molecule has 1 saturated carbocycles. The Morgan fingerprint density at radius 2 is 2.00 bits per heavy atom. The number of fused-ring (bicyclic) bond motifs is 2. The first-order valence-corrected chi connectivity index (χ1v) is 9.06. The summed E-state index contributed by atoms with van der Waals surface area (Å²) < 4.78 is 1.59. The molecule has 0 radical (unpaired) electrons. The molecule has 0 atom stereocenters. The Morgan fingerprint density at radius 3 is 2.76 bits per heavy atom. The number of amides is 1. The summed E-state index contributed by atoms with van der Waals surface area (Å²) in [6, 6.07) is 12.9. The molecule has 0 aliphatic heterocycles. The van der Waals surface area contributed by atoms with Gasteiger partial charge in [-0.2, -0.15) is 0 Å². The summed E-state index contributed by atoms with van der Waals surface area (Å²) in [4.78, 5) is 31.6. The zero-order chi connectivity index (χ0) is 20.5. The molecule has 0 bridgehead atoms. The summed E-state index contributed by atoms with van der Waals surface area (Å²) in [7, 11) is 0. The maximum Gasteiger partial charge on any atom is 0.331 e. The number of carbonyl (C=O) groups excluding carboxylic acids is 1. The van der Waals surface area contributed by atoms with Gasteiger partial charge in [-0.05, 0) is 48.6 Å². The van der Waals surface area contributed by atoms with E-state index in [9.17, 15) is 9.59 Å². The van der Waals surface area contributed by atoms with E-state index in [1.54, 1.807) is 22.9 Å². The molecule has 0 spiro atoms. The van der Waals surface area contributed by atoms with Crippen LogP contribution in [0.15, 0.2) is 53.5 Å². The van der Waals surface area contributed by atoms with E-state index in [0.717, 1.165) is 34.6 Å². The Hall–Kier alpha value is -4.12. The Morgan fingerprint density at radius 1 is 1.24 bits per heavy atom. The molecule has 1 aliphatic carbocycles. The van der Waals surface area contributed by atoms with Gasteiger partial charge < -0.3 is 16.0 Å². The van der Waals surface area contributed by atoms with Crippen molar-refractivity contribution in [2.75, 3.05) is 11.1 Å². The highest BCUT2D eigenvalue weighted by Gasteiger charge is 2.29. The van der Waals surface area contributed by atoms with E-state index in [2.05, 4.69) is 21.9 Å². The van der Waals surface area contributed by atoms with Crippen LogP contribution in [0.5, 0.6) is 0 Å². The Balaban J connectivity index is 0.000000994. The van der Waals surface area contributed by atoms with E-state index in [0.29, 0.717) is 17.2 Å². The van der Waals surface area contributed by atoms with Gasteiger partial charge in [0.2, 0.25) is 5.91 Å². The number of pyridine rings is 1. The lowest BCUT2D eigenvalue weighted by atomic mass is 10.1. The number of nitrogens with two attached hydrogens (primary N) is 1. The van der Waals surface area contributed by atoms with Gasteiger partial charge in [0, 0.05) is 29.8 Å². The number of para-hydroxylation sites is 2. The SMILES string of the molecule is C#N.Nc1cc(-n2c(=O)[nH]c3ccccc32)cc2cc(NC(=O)C3CC3)ncc12. The summed E-state index contributed by atoms with van der Waals surface area (Å²) in [5.74, 6) is 0.588. The lowest BCUT2D eigenvalue weighted by molar-refractivity contribution is -0.117. The second kappa shape index (κ2) is 7.13. The first-order chi connectivity index (χ1) is 14.1. The van der Waals surface area contributed by atoms with Crippen LogP contribution in [0.1, 0.15) is 12.8 Å². The highest BCUT2D eigenvalue weighted by Crippen LogP contribution is 2.31. The van der Waals surface area contributed by atoms with E-state index in [1.165, 1.54) is 0 Å². The number of hydrogen-bond donors (Lipinski definition) is 3. The van der Waals surface area contributed by atoms with E-state index < -0.39 is 0 Å². The first kappa shape index (κ1) is 18.3. The van der Waals surface area contributed by atoms with Crippen LogP contribution in [0.2, 0.25) is 0 Å². The number of rotatable bonds is 3. The normalized spacial score (nSPS) is 13.0. The van der Waals surface area contributed by atoms with Crippen molar-refractivity contribution in [3.8, 4) is 12.3 Å². The lowest BCUT2D eigenvalue weighted by Gasteiger charge is -2.10. The molecule has 8 nitrogen and oxygen atoms in total. The van der Waals surface area contributed by atoms with Gasteiger partial charge in [0.25, 0.3) is 0 Å². The van der Waals surface area contributed by atoms with Gasteiger partial charge in [0.05, 0.1) is 16.7 Å². The zero-order valence-corrected chi connectivity index (χ0v) is 15.4. The molecular weight excluding hydrogens is 368 g/mol. The number of aromatic nitrogens is 3. The van der Waals surface area contributed by atoms with Crippen LogP contribution in [0.3, 0.4) is 0 Å². The van der Waals surface area contributed by atoms with E-state index in [-0.39, 0.29) is 17.5 Å². The maximum atomic E-state index is 12.5. The number of aromatic amines is 1. The number of nitrogens with one attached hydrogen (secondary N) is 2. The van der Waals surface area contributed by atoms with Gasteiger partial charge in [0.15, 0.2) is 0 Å². The smallest absolute Gasteiger partial charge is 0.331 e. The van der Waals surface area contributed by atoms with E-state index >= 15 is 0 Å². The monoisotopic (exact) mass is 386 g/mol. The zero-order valence-electron chi connectivity index (χ0n) is 15.4. The molecule has 29 heavy (non-hydrogen) atoms. The molecule has 4 N–H and O–H groups in total. The van der Waals surface area contributed by atoms with Crippen LogP contribution >= 0.6 is 0 Å². The van der Waals surface area contributed by atoms with Crippen molar-refractivity contribution in [3.63, 3.8) is 0 Å². The Labute approximate surface area is 165 Å². The molecule has 2 aromatic carbocycles. The molecular formula is C21H18N6O2. The molecule has 0 saturated heterocycles. The fraction of sp³-hybridized carbons (Fsp3) is 0.143. The number of H-pyrrole nitrogens is 1. The maximum absolute atomic E-state index is 12.5. The number of imidazole rings is 1. The van der Waals surface area contributed by atoms with Crippen LogP contribution in [-0.2, 0) is 4.79 Å². The molecule has 4 aromatic rings. The Bertz CT molecular complexity index is 1310. The summed E-state index contributed by atoms with van der Waals surface area (Å²) in [5, 5.41) is 10.9. The van der Waals surface area contributed by atoms with Gasteiger partial charge in [-0.3, -0.25) is 9.36 Å². The molecule has 0 unspecified atom stereocenters. The van der Waals surface area contributed by atoms with Crippen molar-refractivity contribution in [3.05, 3.63) is 59.1 Å². The summed E-state index contributed by atoms with van der Waals surface area (Å²) in [6.07, 6.45) is 3.51. The van der Waals surface area contributed by atoms with Crippen molar-refractivity contribution in [2.45, 2.75) is 12.8 Å². The molecule has 144 valence electrons. The third-order valence-corrected chi connectivity index (χ3v) is 4.90. The average Bonchev–Trinajstić information content (AvgIpc) is 3.51. The van der Waals surface area contributed by atoms with Crippen molar-refractivity contribution >= 4 is 39.2 Å². The quantitative estimate of drug-likeness (QED) is 0.466. The molecule has 1 aliphatic rings. The fourth-order valence-corrected chi connectivity index (χ4v) is 3.35. The number of nitrogens with zero attached hydrogens (tertiary/aromatic N) is 3. The lowest BCUT2D eigenvalue weighted by Crippen LogP contribution is -2.15. The van der Waals surface area contributed by atoms with Crippen LogP contribution in [-0.4, -0.2) is 20.4 Å². The topological polar surface area (TPSA) is 130 Å².